The number of ether oxygens (including phenoxy) is 2. The van der Waals surface area contributed by atoms with Crippen molar-refractivity contribution in [2.75, 3.05) is 27.8 Å². The summed E-state index contributed by atoms with van der Waals surface area (Å²) in [6, 6.07) is 5.27. The summed E-state index contributed by atoms with van der Waals surface area (Å²) in [5, 5.41) is 15.1. The highest BCUT2D eigenvalue weighted by Crippen LogP contribution is 2.25. The van der Waals surface area contributed by atoms with Crippen LogP contribution in [0.2, 0.25) is 0 Å². The number of hydrogen-bond acceptors (Lipinski definition) is 7. The Kier molecular flexibility index (Phi) is 5.13. The molecule has 1 fully saturated rings. The highest BCUT2D eigenvalue weighted by atomic mass is 16.5. The van der Waals surface area contributed by atoms with E-state index in [-0.39, 0.29) is 11.9 Å². The summed E-state index contributed by atoms with van der Waals surface area (Å²) in [6.45, 7) is 1.19. The molecule has 1 saturated heterocycles. The van der Waals surface area contributed by atoms with Crippen molar-refractivity contribution in [1.29, 1.82) is 0 Å². The van der Waals surface area contributed by atoms with Crippen molar-refractivity contribution in [3.8, 4) is 17.2 Å². The first-order chi connectivity index (χ1) is 12.1. The van der Waals surface area contributed by atoms with Crippen molar-refractivity contribution in [2.24, 2.45) is 0 Å². The molecular weight excluding hydrogens is 324 g/mol. The predicted molar refractivity (Wildman–Crippen MR) is 89.8 cm³/mol. The Labute approximate surface area is 145 Å². The van der Waals surface area contributed by atoms with E-state index in [1.165, 1.54) is 0 Å². The monoisotopic (exact) mass is 346 g/mol. The average molecular weight is 346 g/mol. The highest BCUT2D eigenvalue weighted by molar-refractivity contribution is 5.81. The lowest BCUT2D eigenvalue weighted by molar-refractivity contribution is -0.132. The second kappa shape index (κ2) is 7.47. The Balaban J connectivity index is 1.82. The quantitative estimate of drug-likeness (QED) is 0.808. The zero-order chi connectivity index (χ0) is 17.8. The van der Waals surface area contributed by atoms with Crippen LogP contribution in [0.3, 0.4) is 0 Å². The summed E-state index contributed by atoms with van der Waals surface area (Å²) in [6.07, 6.45) is 1.88. The van der Waals surface area contributed by atoms with Crippen molar-refractivity contribution in [2.45, 2.75) is 25.4 Å². The van der Waals surface area contributed by atoms with Crippen LogP contribution in [-0.4, -0.2) is 64.9 Å². The van der Waals surface area contributed by atoms with Crippen molar-refractivity contribution in [3.63, 3.8) is 0 Å². The summed E-state index contributed by atoms with van der Waals surface area (Å²) in [5.74, 6) is 1.88. The predicted octanol–water partition coefficient (Wildman–Crippen LogP) is 0.390. The third kappa shape index (κ3) is 3.71. The van der Waals surface area contributed by atoms with Crippen LogP contribution in [0.4, 0.5) is 0 Å². The summed E-state index contributed by atoms with van der Waals surface area (Å²) >= 11 is 0. The summed E-state index contributed by atoms with van der Waals surface area (Å²) < 4.78 is 12.2. The molecule has 3 rings (SSSR count). The zero-order valence-electron chi connectivity index (χ0n) is 14.6. The molecule has 9 nitrogen and oxygen atoms in total. The first kappa shape index (κ1) is 17.2. The lowest BCUT2D eigenvalue weighted by Gasteiger charge is -2.20. The van der Waals surface area contributed by atoms with E-state index in [1.54, 1.807) is 36.9 Å². The van der Waals surface area contributed by atoms with Gasteiger partial charge in [-0.15, -0.1) is 5.10 Å². The number of likely N-dealkylation sites (N-methyl/N-ethyl adjacent to an activating group) is 1. The molecule has 25 heavy (non-hydrogen) atoms. The lowest BCUT2D eigenvalue weighted by atomic mass is 10.2. The lowest BCUT2D eigenvalue weighted by Crippen LogP contribution is -2.41. The number of carbonyl (C=O) groups is 1. The van der Waals surface area contributed by atoms with Crippen molar-refractivity contribution in [1.82, 2.24) is 30.4 Å². The van der Waals surface area contributed by atoms with E-state index in [1.807, 2.05) is 12.1 Å². The van der Waals surface area contributed by atoms with Gasteiger partial charge in [0.15, 0.2) is 5.82 Å². The summed E-state index contributed by atoms with van der Waals surface area (Å²) in [7, 11) is 4.92. The number of benzene rings is 1. The molecule has 1 aromatic carbocycles. The third-order valence-corrected chi connectivity index (χ3v) is 4.23. The number of aromatic nitrogens is 4. The fourth-order valence-electron chi connectivity index (χ4n) is 2.87. The van der Waals surface area contributed by atoms with E-state index in [0.29, 0.717) is 29.6 Å². The van der Waals surface area contributed by atoms with Gasteiger partial charge < -0.3 is 19.7 Å². The molecule has 134 valence electrons. The van der Waals surface area contributed by atoms with Crippen molar-refractivity contribution in [3.05, 3.63) is 24.0 Å². The van der Waals surface area contributed by atoms with Crippen LogP contribution in [0, 0.1) is 0 Å². The summed E-state index contributed by atoms with van der Waals surface area (Å²) in [4.78, 5) is 14.1. The minimum absolute atomic E-state index is 0.0512. The van der Waals surface area contributed by atoms with Gasteiger partial charge in [-0.05, 0) is 29.8 Å². The molecule has 2 aromatic rings. The van der Waals surface area contributed by atoms with Crippen LogP contribution in [0.1, 0.15) is 18.7 Å². The topological polar surface area (TPSA) is 94.4 Å². The van der Waals surface area contributed by atoms with Crippen LogP contribution in [0.5, 0.6) is 11.5 Å². The number of nitrogens with one attached hydrogen (secondary N) is 1. The minimum atomic E-state index is -0.119. The Bertz CT molecular complexity index is 719. The molecule has 0 aliphatic carbocycles. The number of hydrogen-bond donors (Lipinski definition) is 1. The fraction of sp³-hybridized carbons (Fsp3) is 0.500. The molecule has 0 saturated carbocycles. The van der Waals surface area contributed by atoms with Crippen molar-refractivity contribution >= 4 is 5.91 Å². The standard InChI is InChI=1S/C16H22N6O3/c1-21(16(23)14-5-4-6-17-14)10-15-18-19-20-22(15)11-7-12(24-2)9-13(8-11)25-3/h7-9,14,17H,4-6,10H2,1-3H3. The van der Waals surface area contributed by atoms with Gasteiger partial charge in [0.1, 0.15) is 11.5 Å². The molecule has 0 spiro atoms. The highest BCUT2D eigenvalue weighted by Gasteiger charge is 2.26. The maximum Gasteiger partial charge on any atom is 0.239 e. The van der Waals surface area contributed by atoms with Crippen molar-refractivity contribution < 1.29 is 14.3 Å². The van der Waals surface area contributed by atoms with E-state index in [9.17, 15) is 4.79 Å². The maximum absolute atomic E-state index is 12.5. The fourth-order valence-corrected chi connectivity index (χ4v) is 2.87. The molecule has 1 aromatic heterocycles. The van der Waals surface area contributed by atoms with Gasteiger partial charge in [-0.1, -0.05) is 0 Å². The molecule has 0 radical (unpaired) electrons. The van der Waals surface area contributed by atoms with Crippen LogP contribution < -0.4 is 14.8 Å². The molecule has 1 N–H and O–H groups in total. The molecule has 9 heteroatoms. The molecule has 1 unspecified atom stereocenters. The molecule has 1 atom stereocenters. The van der Waals surface area contributed by atoms with Crippen LogP contribution in [0.15, 0.2) is 18.2 Å². The molecular formula is C16H22N6O3. The second-order valence-electron chi connectivity index (χ2n) is 5.92. The van der Waals surface area contributed by atoms with Gasteiger partial charge in [0.2, 0.25) is 5.91 Å². The second-order valence-corrected chi connectivity index (χ2v) is 5.92. The van der Waals surface area contributed by atoms with E-state index < -0.39 is 0 Å². The van der Waals surface area contributed by atoms with E-state index >= 15 is 0 Å². The van der Waals surface area contributed by atoms with Gasteiger partial charge in [-0.3, -0.25) is 4.79 Å². The normalized spacial score (nSPS) is 16.7. The largest absolute Gasteiger partial charge is 0.497 e. The number of methoxy groups -OCH3 is 2. The zero-order valence-corrected chi connectivity index (χ0v) is 14.6. The van der Waals surface area contributed by atoms with Crippen LogP contribution in [-0.2, 0) is 11.3 Å². The van der Waals surface area contributed by atoms with E-state index in [4.69, 9.17) is 9.47 Å². The third-order valence-electron chi connectivity index (χ3n) is 4.23. The Morgan fingerprint density at radius 3 is 2.64 bits per heavy atom. The van der Waals surface area contributed by atoms with Gasteiger partial charge in [-0.2, -0.15) is 4.68 Å². The van der Waals surface area contributed by atoms with Gasteiger partial charge in [0.25, 0.3) is 0 Å². The number of rotatable bonds is 6. The Morgan fingerprint density at radius 1 is 1.32 bits per heavy atom. The molecule has 1 amide bonds. The first-order valence-corrected chi connectivity index (χ1v) is 8.11. The first-order valence-electron chi connectivity index (χ1n) is 8.11. The minimum Gasteiger partial charge on any atom is -0.497 e. The van der Waals surface area contributed by atoms with Crippen LogP contribution >= 0.6 is 0 Å². The smallest absolute Gasteiger partial charge is 0.239 e. The number of carbonyl (C=O) groups excluding carboxylic acids is 1. The van der Waals surface area contributed by atoms with Gasteiger partial charge in [-0.25, -0.2) is 0 Å². The molecule has 2 heterocycles. The molecule has 0 bridgehead atoms. The SMILES string of the molecule is COc1cc(OC)cc(-n2nnnc2CN(C)C(=O)C2CCCN2)c1. The molecule has 1 aliphatic rings. The molecule has 1 aliphatic heterocycles. The van der Waals surface area contributed by atoms with E-state index in [0.717, 1.165) is 19.4 Å². The van der Waals surface area contributed by atoms with Crippen LogP contribution in [0.25, 0.3) is 5.69 Å². The number of nitrogens with zero attached hydrogens (tertiary/aromatic N) is 5. The number of tetrazole rings is 1. The van der Waals surface area contributed by atoms with E-state index in [2.05, 4.69) is 20.8 Å². The van der Waals surface area contributed by atoms with Gasteiger partial charge in [0, 0.05) is 25.2 Å². The number of amides is 1. The van der Waals surface area contributed by atoms with Gasteiger partial charge in [0.05, 0.1) is 32.5 Å². The Morgan fingerprint density at radius 2 is 2.04 bits per heavy atom. The maximum atomic E-state index is 12.5. The summed E-state index contributed by atoms with van der Waals surface area (Å²) in [5.41, 5.74) is 0.705. The average Bonchev–Trinajstić information content (AvgIpc) is 3.32. The van der Waals surface area contributed by atoms with Gasteiger partial charge >= 0.3 is 0 Å². The Hall–Kier alpha value is -2.68.